The van der Waals surface area contributed by atoms with Crippen LogP contribution in [0.15, 0.2) is 52.0 Å². The van der Waals surface area contributed by atoms with E-state index in [4.69, 9.17) is 18.7 Å². The minimum Gasteiger partial charge on any atom is -0.497 e. The Kier molecular flexibility index (Phi) is 4.72. The van der Waals surface area contributed by atoms with Gasteiger partial charge in [-0.1, -0.05) is 5.16 Å². The van der Waals surface area contributed by atoms with Gasteiger partial charge in [-0.05, 0) is 56.3 Å². The minimum absolute atomic E-state index is 0.378. The van der Waals surface area contributed by atoms with Gasteiger partial charge in [-0.15, -0.1) is 0 Å². The summed E-state index contributed by atoms with van der Waals surface area (Å²) in [5.74, 6) is 2.62. The molecular weight excluding hydrogens is 425 g/mol. The molecule has 2 aromatic carbocycles. The molecule has 0 aliphatic carbocycles. The summed E-state index contributed by atoms with van der Waals surface area (Å²) in [4.78, 5) is 11.0. The fourth-order valence-electron chi connectivity index (χ4n) is 5.52. The summed E-state index contributed by atoms with van der Waals surface area (Å²) >= 11 is 0. The second-order valence-corrected chi connectivity index (χ2v) is 8.97. The van der Waals surface area contributed by atoms with E-state index in [-0.39, 0.29) is 0 Å². The van der Waals surface area contributed by atoms with Gasteiger partial charge in [0.1, 0.15) is 17.1 Å². The highest BCUT2D eigenvalue weighted by Crippen LogP contribution is 2.45. The minimum atomic E-state index is -0.597. The number of oxime groups is 1. The first-order chi connectivity index (χ1) is 16.1. The van der Waals surface area contributed by atoms with Crippen molar-refractivity contribution < 1.29 is 23.1 Å². The number of hydrogen-bond donors (Lipinski definition) is 0. The van der Waals surface area contributed by atoms with E-state index in [9.17, 15) is 4.39 Å². The van der Waals surface area contributed by atoms with Crippen molar-refractivity contribution in [3.63, 3.8) is 0 Å². The first-order valence-electron chi connectivity index (χ1n) is 11.3. The van der Waals surface area contributed by atoms with Crippen molar-refractivity contribution >= 4 is 16.8 Å². The summed E-state index contributed by atoms with van der Waals surface area (Å²) < 4.78 is 29.9. The lowest BCUT2D eigenvalue weighted by atomic mass is 9.79. The highest BCUT2D eigenvalue weighted by molar-refractivity contribution is 6.02. The number of piperidine rings is 3. The van der Waals surface area contributed by atoms with E-state index in [2.05, 4.69) is 15.0 Å². The molecule has 4 aliphatic rings. The van der Waals surface area contributed by atoms with Gasteiger partial charge in [-0.2, -0.15) is 4.39 Å². The van der Waals surface area contributed by atoms with Gasteiger partial charge >= 0.3 is 0 Å². The predicted octanol–water partition coefficient (Wildman–Crippen LogP) is 4.21. The third-order valence-electron chi connectivity index (χ3n) is 7.25. The van der Waals surface area contributed by atoms with Crippen LogP contribution < -0.4 is 9.47 Å². The zero-order valence-electron chi connectivity index (χ0n) is 18.7. The van der Waals surface area contributed by atoms with Gasteiger partial charge in [0.15, 0.2) is 5.84 Å². The average Bonchev–Trinajstić information content (AvgIpc) is 3.39. The predicted molar refractivity (Wildman–Crippen MR) is 121 cm³/mol. The molecule has 4 aliphatic heterocycles. The number of halogens is 1. The lowest BCUT2D eigenvalue weighted by Gasteiger charge is -2.53. The number of amidine groups is 1. The Balaban J connectivity index is 1.42. The summed E-state index contributed by atoms with van der Waals surface area (Å²) in [7, 11) is 3.31. The lowest BCUT2D eigenvalue weighted by Crippen LogP contribution is -2.66. The van der Waals surface area contributed by atoms with Crippen molar-refractivity contribution in [3.05, 3.63) is 59.6 Å². The van der Waals surface area contributed by atoms with E-state index in [1.165, 1.54) is 6.07 Å². The van der Waals surface area contributed by atoms with E-state index in [0.717, 1.165) is 60.9 Å². The molecule has 0 N–H and O–H groups in total. The van der Waals surface area contributed by atoms with Crippen LogP contribution in [0.1, 0.15) is 24.0 Å². The second-order valence-electron chi connectivity index (χ2n) is 8.97. The zero-order chi connectivity index (χ0) is 22.6. The summed E-state index contributed by atoms with van der Waals surface area (Å²) in [6, 6.07) is 12.3. The highest BCUT2D eigenvalue weighted by Gasteiger charge is 2.57. The number of furan rings is 1. The van der Waals surface area contributed by atoms with E-state index in [1.54, 1.807) is 20.3 Å². The van der Waals surface area contributed by atoms with Gasteiger partial charge in [0.25, 0.3) is 6.01 Å². The Morgan fingerprint density at radius 3 is 2.67 bits per heavy atom. The Hall–Kier alpha value is -3.26. The van der Waals surface area contributed by atoms with Crippen LogP contribution in [0, 0.1) is 11.9 Å². The molecule has 3 aromatic rings. The van der Waals surface area contributed by atoms with Crippen LogP contribution in [0.2, 0.25) is 0 Å². The van der Waals surface area contributed by atoms with Crippen LogP contribution in [0.4, 0.5) is 4.39 Å². The Labute approximate surface area is 191 Å². The van der Waals surface area contributed by atoms with Crippen molar-refractivity contribution in [2.45, 2.75) is 25.1 Å². The molecule has 0 radical (unpaired) electrons. The van der Waals surface area contributed by atoms with Crippen LogP contribution in [0.3, 0.4) is 0 Å². The number of benzene rings is 2. The van der Waals surface area contributed by atoms with Crippen LogP contribution >= 0.6 is 0 Å². The van der Waals surface area contributed by atoms with Gasteiger partial charge in [0.2, 0.25) is 5.72 Å². The maximum absolute atomic E-state index is 13.7. The Morgan fingerprint density at radius 2 is 1.94 bits per heavy atom. The molecule has 33 heavy (non-hydrogen) atoms. The fourth-order valence-corrected chi connectivity index (χ4v) is 5.52. The maximum Gasteiger partial charge on any atom is 0.278 e. The fraction of sp³-hybridized carbons (Fsp3) is 0.400. The first-order valence-corrected chi connectivity index (χ1v) is 11.3. The maximum atomic E-state index is 13.7. The number of methoxy groups -OCH3 is 2. The van der Waals surface area contributed by atoms with E-state index < -0.39 is 11.7 Å². The molecule has 172 valence electrons. The van der Waals surface area contributed by atoms with Gasteiger partial charge in [-0.25, -0.2) is 0 Å². The summed E-state index contributed by atoms with van der Waals surface area (Å²) in [6.07, 6.45) is 2.15. The molecule has 3 fully saturated rings. The zero-order valence-corrected chi connectivity index (χ0v) is 18.7. The molecule has 1 spiro atoms. The van der Waals surface area contributed by atoms with Crippen LogP contribution in [-0.4, -0.2) is 55.2 Å². The molecule has 8 heteroatoms. The molecular formula is C25H26FN3O4. The summed E-state index contributed by atoms with van der Waals surface area (Å²) in [5, 5.41) is 5.31. The molecule has 1 unspecified atom stereocenters. The van der Waals surface area contributed by atoms with Crippen molar-refractivity contribution in [2.75, 3.05) is 33.9 Å². The molecule has 1 atom stereocenters. The van der Waals surface area contributed by atoms with Crippen LogP contribution in [0.25, 0.3) is 11.0 Å². The lowest BCUT2D eigenvalue weighted by molar-refractivity contribution is -0.198. The number of ether oxygens (including phenoxy) is 2. The molecule has 2 bridgehead atoms. The highest BCUT2D eigenvalue weighted by atomic mass is 19.1. The van der Waals surface area contributed by atoms with Crippen molar-refractivity contribution in [1.82, 2.24) is 9.80 Å². The van der Waals surface area contributed by atoms with Crippen molar-refractivity contribution in [1.29, 1.82) is 0 Å². The number of fused-ring (bicyclic) bond motifs is 3. The largest absolute Gasteiger partial charge is 0.497 e. The SMILES string of the molecule is COc1ccc(CN2C(c3ccc4oc(F)cc4c3)=NOC23CN2CCC3CC2)c(OC)c1. The van der Waals surface area contributed by atoms with Crippen molar-refractivity contribution in [2.24, 2.45) is 11.1 Å². The van der Waals surface area contributed by atoms with Gasteiger partial charge in [0, 0.05) is 34.6 Å². The number of hydrogen-bond acceptors (Lipinski definition) is 7. The first kappa shape index (κ1) is 20.4. The number of nitrogens with zero attached hydrogens (tertiary/aromatic N) is 3. The molecule has 7 rings (SSSR count). The summed E-state index contributed by atoms with van der Waals surface area (Å²) in [5.41, 5.74) is 1.86. The van der Waals surface area contributed by atoms with Gasteiger partial charge in [-0.3, -0.25) is 4.90 Å². The second kappa shape index (κ2) is 7.66. The van der Waals surface area contributed by atoms with Crippen LogP contribution in [-0.2, 0) is 11.4 Å². The monoisotopic (exact) mass is 451 g/mol. The van der Waals surface area contributed by atoms with E-state index in [0.29, 0.717) is 23.4 Å². The Morgan fingerprint density at radius 1 is 1.09 bits per heavy atom. The Bertz CT molecular complexity index is 1230. The third-order valence-corrected chi connectivity index (χ3v) is 7.25. The summed E-state index contributed by atoms with van der Waals surface area (Å²) in [6.45, 7) is 3.54. The molecule has 7 nitrogen and oxygen atoms in total. The normalized spacial score (nSPS) is 26.0. The molecule has 0 saturated carbocycles. The van der Waals surface area contributed by atoms with Crippen molar-refractivity contribution in [3.8, 4) is 11.5 Å². The quantitative estimate of drug-likeness (QED) is 0.579. The standard InChI is InChI=1S/C25H26FN3O4/c1-30-20-5-3-17(22(13-20)31-2)14-29-24(16-4-6-21-18(11-16)12-23(26)32-21)27-33-25(29)15-28-9-7-19(25)8-10-28/h3-6,11-13,19H,7-10,14-15H2,1-2H3. The molecule has 0 amide bonds. The number of rotatable bonds is 5. The van der Waals surface area contributed by atoms with E-state index in [1.807, 2.05) is 30.3 Å². The molecule has 5 heterocycles. The van der Waals surface area contributed by atoms with E-state index >= 15 is 0 Å². The molecule has 1 aromatic heterocycles. The smallest absolute Gasteiger partial charge is 0.278 e. The van der Waals surface area contributed by atoms with Gasteiger partial charge in [0.05, 0.1) is 27.3 Å². The molecule has 3 saturated heterocycles. The topological polar surface area (TPSA) is 59.7 Å². The average molecular weight is 451 g/mol. The van der Waals surface area contributed by atoms with Gasteiger partial charge < -0.3 is 23.6 Å². The third kappa shape index (κ3) is 3.23. The van der Waals surface area contributed by atoms with Crippen LogP contribution in [0.5, 0.6) is 11.5 Å².